The highest BCUT2D eigenvalue weighted by molar-refractivity contribution is 5.95. The Hall–Kier alpha value is -1.31. The van der Waals surface area contributed by atoms with Crippen LogP contribution in [-0.2, 0) is 0 Å². The maximum absolute atomic E-state index is 12.2. The van der Waals surface area contributed by atoms with Crippen LogP contribution >= 0.6 is 0 Å². The van der Waals surface area contributed by atoms with Crippen molar-refractivity contribution in [2.45, 2.75) is 39.7 Å². The molecule has 0 fully saturated rings. The summed E-state index contributed by atoms with van der Waals surface area (Å²) in [6, 6.07) is 8.09. The Bertz CT molecular complexity index is 369. The molecule has 2 heteroatoms. The van der Waals surface area contributed by atoms with E-state index in [0.717, 1.165) is 11.1 Å². The topological polar surface area (TPSA) is 20.3 Å². The molecule has 88 valence electrons. The number of carbonyl (C=O) groups excluding carboxylic acids is 1. The lowest BCUT2D eigenvalue weighted by Gasteiger charge is -2.23. The van der Waals surface area contributed by atoms with Crippen molar-refractivity contribution in [2.75, 3.05) is 7.05 Å². The van der Waals surface area contributed by atoms with Crippen LogP contribution in [0.5, 0.6) is 0 Å². The molecule has 2 nitrogen and oxygen atoms in total. The van der Waals surface area contributed by atoms with Gasteiger partial charge in [0.2, 0.25) is 0 Å². The van der Waals surface area contributed by atoms with E-state index in [0.29, 0.717) is 5.92 Å². The van der Waals surface area contributed by atoms with Gasteiger partial charge in [0.25, 0.3) is 5.91 Å². The molecule has 0 saturated heterocycles. The molecule has 0 aliphatic carbocycles. The quantitative estimate of drug-likeness (QED) is 0.764. The van der Waals surface area contributed by atoms with Gasteiger partial charge in [0.15, 0.2) is 0 Å². The number of amides is 1. The third-order valence-corrected chi connectivity index (χ3v) is 2.91. The molecule has 1 aromatic rings. The highest BCUT2D eigenvalue weighted by atomic mass is 16.2. The van der Waals surface area contributed by atoms with Crippen LogP contribution in [0.4, 0.5) is 0 Å². The lowest BCUT2D eigenvalue weighted by molar-refractivity contribution is 0.0753. The van der Waals surface area contributed by atoms with Crippen LogP contribution in [0.25, 0.3) is 0 Å². The van der Waals surface area contributed by atoms with Gasteiger partial charge < -0.3 is 4.90 Å². The van der Waals surface area contributed by atoms with E-state index < -0.39 is 0 Å². The highest BCUT2D eigenvalue weighted by Gasteiger charge is 2.18. The van der Waals surface area contributed by atoms with Gasteiger partial charge in [-0.1, -0.05) is 32.0 Å². The third-order valence-electron chi connectivity index (χ3n) is 2.91. The fourth-order valence-electron chi connectivity index (χ4n) is 1.62. The Morgan fingerprint density at radius 2 is 1.69 bits per heavy atom. The molecule has 0 bridgehead atoms. The number of nitrogens with zero attached hydrogens (tertiary/aromatic N) is 1. The van der Waals surface area contributed by atoms with Gasteiger partial charge in [0.05, 0.1) is 0 Å². The van der Waals surface area contributed by atoms with Crippen molar-refractivity contribution in [1.29, 1.82) is 0 Å². The predicted octanol–water partition coefficient (Wildman–Crippen LogP) is 3.29. The third kappa shape index (κ3) is 2.63. The van der Waals surface area contributed by atoms with Crippen LogP contribution in [0.3, 0.4) is 0 Å². The Balaban J connectivity index is 3.08. The van der Waals surface area contributed by atoms with Gasteiger partial charge in [0, 0.05) is 18.7 Å². The van der Waals surface area contributed by atoms with Crippen LogP contribution in [0.2, 0.25) is 0 Å². The van der Waals surface area contributed by atoms with Gasteiger partial charge in [-0.25, -0.2) is 0 Å². The number of rotatable bonds is 3. The van der Waals surface area contributed by atoms with Crippen molar-refractivity contribution < 1.29 is 4.79 Å². The summed E-state index contributed by atoms with van der Waals surface area (Å²) >= 11 is 0. The average molecular weight is 219 g/mol. The van der Waals surface area contributed by atoms with Gasteiger partial charge in [-0.3, -0.25) is 4.79 Å². The minimum Gasteiger partial charge on any atom is -0.339 e. The molecule has 0 radical (unpaired) electrons. The average Bonchev–Trinajstić information content (AvgIpc) is 2.26. The van der Waals surface area contributed by atoms with E-state index >= 15 is 0 Å². The maximum Gasteiger partial charge on any atom is 0.254 e. The molecule has 0 heterocycles. The first-order valence-corrected chi connectivity index (χ1v) is 5.81. The first-order valence-electron chi connectivity index (χ1n) is 5.81. The van der Waals surface area contributed by atoms with Crippen LogP contribution in [0.15, 0.2) is 24.3 Å². The van der Waals surface area contributed by atoms with Gasteiger partial charge in [0.1, 0.15) is 0 Å². The summed E-state index contributed by atoms with van der Waals surface area (Å²) in [5, 5.41) is 0. The molecule has 0 saturated carbocycles. The monoisotopic (exact) mass is 219 g/mol. The summed E-state index contributed by atoms with van der Waals surface area (Å²) in [5.74, 6) is 0.486. The van der Waals surface area contributed by atoms with E-state index in [9.17, 15) is 4.79 Å². The number of hydrogen-bond acceptors (Lipinski definition) is 1. The maximum atomic E-state index is 12.2. The Morgan fingerprint density at radius 3 is 2.19 bits per heavy atom. The molecule has 0 aromatic heterocycles. The molecule has 0 atom stereocenters. The van der Waals surface area contributed by atoms with Gasteiger partial charge >= 0.3 is 0 Å². The first kappa shape index (κ1) is 12.8. The molecular weight excluding hydrogens is 198 g/mol. The SMILES string of the molecule is CC(C)c1ccccc1C(=O)N(C)C(C)C. The Labute approximate surface area is 98.3 Å². The van der Waals surface area contributed by atoms with Crippen molar-refractivity contribution in [1.82, 2.24) is 4.90 Å². The van der Waals surface area contributed by atoms with E-state index in [4.69, 9.17) is 0 Å². The van der Waals surface area contributed by atoms with E-state index in [1.165, 1.54) is 0 Å². The summed E-state index contributed by atoms with van der Waals surface area (Å²) < 4.78 is 0. The molecule has 0 spiro atoms. The molecular formula is C14H21NO. The first-order chi connectivity index (χ1) is 7.45. The fraction of sp³-hybridized carbons (Fsp3) is 0.500. The normalized spacial score (nSPS) is 10.9. The lowest BCUT2D eigenvalue weighted by Crippen LogP contribution is -2.33. The van der Waals surface area contributed by atoms with Crippen LogP contribution in [-0.4, -0.2) is 23.9 Å². The summed E-state index contributed by atoms with van der Waals surface area (Å²) in [6.45, 7) is 8.27. The van der Waals surface area contributed by atoms with E-state index in [2.05, 4.69) is 13.8 Å². The zero-order chi connectivity index (χ0) is 12.3. The zero-order valence-electron chi connectivity index (χ0n) is 10.8. The molecule has 1 rings (SSSR count). The fourth-order valence-corrected chi connectivity index (χ4v) is 1.62. The minimum atomic E-state index is 0.110. The molecule has 1 amide bonds. The number of hydrogen-bond donors (Lipinski definition) is 0. The van der Waals surface area contributed by atoms with E-state index in [1.807, 2.05) is 45.2 Å². The minimum absolute atomic E-state index is 0.110. The molecule has 0 aliphatic rings. The molecule has 1 aromatic carbocycles. The molecule has 0 aliphatic heterocycles. The van der Waals surface area contributed by atoms with Crippen molar-refractivity contribution in [2.24, 2.45) is 0 Å². The summed E-state index contributed by atoms with van der Waals surface area (Å²) in [4.78, 5) is 14.0. The van der Waals surface area contributed by atoms with E-state index in [-0.39, 0.29) is 11.9 Å². The van der Waals surface area contributed by atoms with Crippen molar-refractivity contribution in [3.05, 3.63) is 35.4 Å². The summed E-state index contributed by atoms with van der Waals surface area (Å²) in [6.07, 6.45) is 0. The van der Waals surface area contributed by atoms with Crippen molar-refractivity contribution >= 4 is 5.91 Å². The van der Waals surface area contributed by atoms with Gasteiger partial charge in [-0.05, 0) is 31.4 Å². The Kier molecular flexibility index (Phi) is 4.11. The molecule has 0 unspecified atom stereocenters. The molecule has 16 heavy (non-hydrogen) atoms. The van der Waals surface area contributed by atoms with Crippen molar-refractivity contribution in [3.8, 4) is 0 Å². The second-order valence-electron chi connectivity index (χ2n) is 4.75. The molecule has 0 N–H and O–H groups in total. The Morgan fingerprint density at radius 1 is 1.12 bits per heavy atom. The number of benzene rings is 1. The lowest BCUT2D eigenvalue weighted by atomic mass is 9.96. The van der Waals surface area contributed by atoms with Crippen molar-refractivity contribution in [3.63, 3.8) is 0 Å². The van der Waals surface area contributed by atoms with E-state index in [1.54, 1.807) is 4.90 Å². The zero-order valence-corrected chi connectivity index (χ0v) is 10.8. The standard InChI is InChI=1S/C14H21NO/c1-10(2)12-8-6-7-9-13(12)14(16)15(5)11(3)4/h6-11H,1-5H3. The van der Waals surface area contributed by atoms with Gasteiger partial charge in [-0.15, -0.1) is 0 Å². The number of carbonyl (C=O) groups is 1. The van der Waals surface area contributed by atoms with Gasteiger partial charge in [-0.2, -0.15) is 0 Å². The largest absolute Gasteiger partial charge is 0.339 e. The highest BCUT2D eigenvalue weighted by Crippen LogP contribution is 2.20. The van der Waals surface area contributed by atoms with Crippen LogP contribution in [0, 0.1) is 0 Å². The smallest absolute Gasteiger partial charge is 0.254 e. The summed E-state index contributed by atoms with van der Waals surface area (Å²) in [7, 11) is 1.85. The summed E-state index contributed by atoms with van der Waals surface area (Å²) in [5.41, 5.74) is 1.95. The van der Waals surface area contributed by atoms with Crippen LogP contribution < -0.4 is 0 Å². The second-order valence-corrected chi connectivity index (χ2v) is 4.75. The second kappa shape index (κ2) is 5.15. The van der Waals surface area contributed by atoms with Crippen LogP contribution in [0.1, 0.15) is 49.5 Å². The predicted molar refractivity (Wildman–Crippen MR) is 67.8 cm³/mol.